The summed E-state index contributed by atoms with van der Waals surface area (Å²) in [6, 6.07) is 7.45. The number of aromatic nitrogens is 3. The number of alkyl halides is 3. The number of fused-ring (bicyclic) bond motifs is 1. The van der Waals surface area contributed by atoms with E-state index in [1.54, 1.807) is 6.20 Å². The molecule has 2 unspecified atom stereocenters. The minimum absolute atomic E-state index is 0.00221. The van der Waals surface area contributed by atoms with Crippen molar-refractivity contribution >= 4 is 28.4 Å². The first kappa shape index (κ1) is 24.5. The Labute approximate surface area is 200 Å². The number of halogens is 4. The first-order chi connectivity index (χ1) is 16.1. The summed E-state index contributed by atoms with van der Waals surface area (Å²) in [5.41, 5.74) is 0.463. The van der Waals surface area contributed by atoms with Crippen LogP contribution >= 0.6 is 11.6 Å². The third kappa shape index (κ3) is 5.20. The number of hydrogen-bond acceptors (Lipinski definition) is 4. The lowest BCUT2D eigenvalue weighted by Crippen LogP contribution is -2.42. The predicted molar refractivity (Wildman–Crippen MR) is 125 cm³/mol. The van der Waals surface area contributed by atoms with Gasteiger partial charge in [-0.2, -0.15) is 18.3 Å². The Morgan fingerprint density at radius 1 is 1.24 bits per heavy atom. The Hall–Kier alpha value is -2.65. The van der Waals surface area contributed by atoms with Gasteiger partial charge in [-0.05, 0) is 62.7 Å². The number of rotatable bonds is 9. The van der Waals surface area contributed by atoms with E-state index in [9.17, 15) is 18.0 Å². The molecule has 0 spiro atoms. The molecule has 1 aliphatic carbocycles. The number of nitrogens with zero attached hydrogens (tertiary/aromatic N) is 3. The summed E-state index contributed by atoms with van der Waals surface area (Å²) >= 11 is 6.00. The number of likely N-dealkylation sites (N-methyl/N-ethyl adjacent to an activating group) is 1. The van der Waals surface area contributed by atoms with E-state index in [-0.39, 0.29) is 30.3 Å². The number of pyridine rings is 1. The molecule has 1 aliphatic rings. The fourth-order valence-electron chi connectivity index (χ4n) is 4.53. The molecule has 1 amide bonds. The molecular formula is C24H27ClF3N5O. The van der Waals surface area contributed by atoms with Crippen molar-refractivity contribution in [3.8, 4) is 0 Å². The highest BCUT2D eigenvalue weighted by atomic mass is 35.5. The van der Waals surface area contributed by atoms with Crippen LogP contribution in [0.5, 0.6) is 0 Å². The highest BCUT2D eigenvalue weighted by Crippen LogP contribution is 2.66. The number of carbonyl (C=O) groups is 1. The first-order valence-electron chi connectivity index (χ1n) is 11.1. The van der Waals surface area contributed by atoms with Crippen LogP contribution in [0.3, 0.4) is 0 Å². The Bertz CT molecular complexity index is 1160. The number of H-pyrrole nitrogens is 1. The van der Waals surface area contributed by atoms with E-state index in [1.165, 1.54) is 18.5 Å². The van der Waals surface area contributed by atoms with Crippen LogP contribution in [-0.2, 0) is 11.2 Å². The van der Waals surface area contributed by atoms with E-state index < -0.39 is 23.4 Å². The van der Waals surface area contributed by atoms with E-state index in [1.807, 2.05) is 37.2 Å². The molecule has 1 saturated carbocycles. The fraction of sp³-hybridized carbons (Fsp3) is 0.458. The van der Waals surface area contributed by atoms with Gasteiger partial charge in [-0.15, -0.1) is 0 Å². The van der Waals surface area contributed by atoms with Gasteiger partial charge in [0.05, 0.1) is 22.2 Å². The van der Waals surface area contributed by atoms with Gasteiger partial charge in [0, 0.05) is 42.7 Å². The number of hydrogen-bond donors (Lipinski definition) is 2. The maximum Gasteiger partial charge on any atom is 0.395 e. The monoisotopic (exact) mass is 493 g/mol. The number of amides is 1. The molecule has 1 fully saturated rings. The third-order valence-corrected chi connectivity index (χ3v) is 6.99. The average molecular weight is 494 g/mol. The summed E-state index contributed by atoms with van der Waals surface area (Å²) in [7, 11) is 3.83. The van der Waals surface area contributed by atoms with Crippen LogP contribution in [0.4, 0.5) is 13.2 Å². The van der Waals surface area contributed by atoms with Gasteiger partial charge in [0.15, 0.2) is 0 Å². The zero-order valence-electron chi connectivity index (χ0n) is 19.0. The molecule has 34 heavy (non-hydrogen) atoms. The molecule has 0 radical (unpaired) electrons. The topological polar surface area (TPSA) is 73.9 Å². The third-order valence-electron chi connectivity index (χ3n) is 6.78. The summed E-state index contributed by atoms with van der Waals surface area (Å²) in [6.07, 6.45) is 0.492. The van der Waals surface area contributed by atoms with Crippen molar-refractivity contribution in [1.29, 1.82) is 0 Å². The summed E-state index contributed by atoms with van der Waals surface area (Å²) in [5.74, 6) is -1.45. The zero-order chi connectivity index (χ0) is 24.5. The molecule has 10 heteroatoms. The molecule has 4 rings (SSSR count). The number of carbonyl (C=O) groups excluding carboxylic acids is 1. The van der Waals surface area contributed by atoms with Crippen molar-refractivity contribution in [2.24, 2.45) is 5.41 Å². The highest BCUT2D eigenvalue weighted by molar-refractivity contribution is 6.30. The van der Waals surface area contributed by atoms with E-state index in [0.29, 0.717) is 18.5 Å². The molecule has 2 heterocycles. The van der Waals surface area contributed by atoms with Crippen LogP contribution in [-0.4, -0.2) is 58.8 Å². The van der Waals surface area contributed by atoms with E-state index in [2.05, 4.69) is 20.5 Å². The van der Waals surface area contributed by atoms with E-state index in [0.717, 1.165) is 16.5 Å². The van der Waals surface area contributed by atoms with Gasteiger partial charge in [-0.3, -0.25) is 14.9 Å². The number of nitrogens with one attached hydrogen (secondary N) is 2. The maximum absolute atomic E-state index is 13.9. The van der Waals surface area contributed by atoms with Crippen LogP contribution in [0.25, 0.3) is 10.9 Å². The minimum Gasteiger partial charge on any atom is -0.355 e. The van der Waals surface area contributed by atoms with Gasteiger partial charge in [-0.25, -0.2) is 0 Å². The molecule has 1 aromatic carbocycles. The normalized spacial score (nSPS) is 17.0. The van der Waals surface area contributed by atoms with Crippen LogP contribution in [0, 0.1) is 5.41 Å². The quantitative estimate of drug-likeness (QED) is 0.452. The van der Waals surface area contributed by atoms with Gasteiger partial charge in [0.2, 0.25) is 5.91 Å². The van der Waals surface area contributed by atoms with Crippen molar-refractivity contribution in [3.63, 3.8) is 0 Å². The summed E-state index contributed by atoms with van der Waals surface area (Å²) in [4.78, 5) is 18.8. The van der Waals surface area contributed by atoms with Crippen molar-refractivity contribution in [1.82, 2.24) is 25.4 Å². The molecule has 6 nitrogen and oxygen atoms in total. The van der Waals surface area contributed by atoms with E-state index >= 15 is 0 Å². The lowest BCUT2D eigenvalue weighted by atomic mass is 9.80. The van der Waals surface area contributed by atoms with Crippen LogP contribution in [0.15, 0.2) is 42.9 Å². The van der Waals surface area contributed by atoms with Crippen LogP contribution < -0.4 is 5.32 Å². The lowest BCUT2D eigenvalue weighted by Gasteiger charge is -2.30. The fourth-order valence-corrected chi connectivity index (χ4v) is 4.72. The summed E-state index contributed by atoms with van der Waals surface area (Å²) < 4.78 is 41.8. The molecular weight excluding hydrogens is 467 g/mol. The number of aromatic amines is 1. The maximum atomic E-state index is 13.9. The summed E-state index contributed by atoms with van der Waals surface area (Å²) in [6.45, 7) is 0.314. The van der Waals surface area contributed by atoms with Crippen molar-refractivity contribution < 1.29 is 18.0 Å². The van der Waals surface area contributed by atoms with Crippen LogP contribution in [0.2, 0.25) is 5.02 Å². The smallest absolute Gasteiger partial charge is 0.355 e. The lowest BCUT2D eigenvalue weighted by molar-refractivity contribution is -0.194. The Morgan fingerprint density at radius 2 is 2.00 bits per heavy atom. The first-order valence-corrected chi connectivity index (χ1v) is 11.5. The molecule has 0 saturated heterocycles. The Balaban J connectivity index is 1.45. The Kier molecular flexibility index (Phi) is 6.87. The van der Waals surface area contributed by atoms with Gasteiger partial charge < -0.3 is 10.2 Å². The van der Waals surface area contributed by atoms with E-state index in [4.69, 9.17) is 11.6 Å². The Morgan fingerprint density at radius 3 is 2.65 bits per heavy atom. The molecule has 0 aliphatic heterocycles. The molecule has 182 valence electrons. The van der Waals surface area contributed by atoms with Crippen molar-refractivity contribution in [2.75, 3.05) is 20.6 Å². The predicted octanol–water partition coefficient (Wildman–Crippen LogP) is 4.72. The molecule has 2 N–H and O–H groups in total. The van der Waals surface area contributed by atoms with Gasteiger partial charge in [0.25, 0.3) is 0 Å². The second-order valence-corrected chi connectivity index (χ2v) is 9.70. The molecule has 2 aromatic heterocycles. The average Bonchev–Trinajstić information content (AvgIpc) is 3.46. The number of benzene rings is 1. The standard InChI is InChI=1S/C24H27ClF3N5O/c1-33(2)19(8-15-3-4-21-17(7-15)12-31-32-21)14-30-22(34)10-20(16-9-18(25)13-29-11-16)23(5-6-23)24(26,27)28/h3-4,7,9,11-13,19-20H,5-6,8,10,14H2,1-2H3,(H,30,34)(H,31,32). The minimum atomic E-state index is -4.40. The van der Waals surface area contributed by atoms with Gasteiger partial charge in [0.1, 0.15) is 0 Å². The second kappa shape index (κ2) is 9.54. The highest BCUT2D eigenvalue weighted by Gasteiger charge is 2.67. The van der Waals surface area contributed by atoms with Crippen molar-refractivity contribution in [3.05, 3.63) is 59.0 Å². The van der Waals surface area contributed by atoms with Gasteiger partial charge >= 0.3 is 6.18 Å². The van der Waals surface area contributed by atoms with Gasteiger partial charge in [-0.1, -0.05) is 17.7 Å². The molecule has 3 aromatic rings. The second-order valence-electron chi connectivity index (χ2n) is 9.26. The van der Waals surface area contributed by atoms with Crippen LogP contribution in [0.1, 0.15) is 36.3 Å². The summed E-state index contributed by atoms with van der Waals surface area (Å²) in [5, 5.41) is 11.1. The largest absolute Gasteiger partial charge is 0.395 e. The molecule has 0 bridgehead atoms. The SMILES string of the molecule is CN(C)C(CNC(=O)CC(c1cncc(Cl)c1)C1(C(F)(F)F)CC1)Cc1ccc2[nH]ncc2c1. The zero-order valence-corrected chi connectivity index (χ0v) is 19.7. The molecule has 2 atom stereocenters. The van der Waals surface area contributed by atoms with Crippen molar-refractivity contribution in [2.45, 2.75) is 43.8 Å².